The predicted molar refractivity (Wildman–Crippen MR) is 105 cm³/mol. The number of rotatable bonds is 3. The van der Waals surface area contributed by atoms with Crippen LogP contribution in [0.25, 0.3) is 0 Å². The Morgan fingerprint density at radius 2 is 1.96 bits per heavy atom. The number of benzene rings is 2. The van der Waals surface area contributed by atoms with E-state index in [1.54, 1.807) is 12.3 Å². The van der Waals surface area contributed by atoms with Gasteiger partial charge in [-0.3, -0.25) is 4.79 Å². The van der Waals surface area contributed by atoms with Gasteiger partial charge in [0.05, 0.1) is 22.5 Å². The second kappa shape index (κ2) is 7.37. The molecule has 0 saturated carbocycles. The fourth-order valence-electron chi connectivity index (χ4n) is 3.30. The number of carbonyl (C=O) groups excluding carboxylic acids is 1. The van der Waals surface area contributed by atoms with Gasteiger partial charge in [-0.2, -0.15) is 0 Å². The summed E-state index contributed by atoms with van der Waals surface area (Å²) in [5.74, 6) is -0.449. The van der Waals surface area contributed by atoms with Crippen molar-refractivity contribution in [3.8, 4) is 0 Å². The minimum absolute atomic E-state index is 0.0713. The zero-order valence-corrected chi connectivity index (χ0v) is 15.2. The molecular formula is C21H17ClFN3O. The first-order chi connectivity index (χ1) is 13.1. The molecule has 1 aliphatic rings. The largest absolute Gasteiger partial charge is 0.326 e. The molecule has 1 aliphatic heterocycles. The van der Waals surface area contributed by atoms with Gasteiger partial charge in [-0.25, -0.2) is 9.37 Å². The zero-order chi connectivity index (χ0) is 18.8. The van der Waals surface area contributed by atoms with Gasteiger partial charge < -0.3 is 10.2 Å². The molecule has 136 valence electrons. The highest BCUT2D eigenvalue weighted by molar-refractivity contribution is 6.34. The Morgan fingerprint density at radius 3 is 2.74 bits per heavy atom. The van der Waals surface area contributed by atoms with Crippen LogP contribution in [0.1, 0.15) is 22.3 Å². The van der Waals surface area contributed by atoms with E-state index in [9.17, 15) is 9.18 Å². The first kappa shape index (κ1) is 17.5. The first-order valence-electron chi connectivity index (χ1n) is 8.70. The molecule has 1 amide bonds. The van der Waals surface area contributed by atoms with Crippen molar-refractivity contribution < 1.29 is 9.18 Å². The molecule has 27 heavy (non-hydrogen) atoms. The van der Waals surface area contributed by atoms with Gasteiger partial charge in [-0.15, -0.1) is 0 Å². The molecule has 0 saturated heterocycles. The third-order valence-electron chi connectivity index (χ3n) is 4.58. The number of anilines is 3. The van der Waals surface area contributed by atoms with Crippen LogP contribution in [0.2, 0.25) is 5.02 Å². The molecule has 4 rings (SSSR count). The summed E-state index contributed by atoms with van der Waals surface area (Å²) in [5, 5.41) is 2.72. The maximum atomic E-state index is 13.9. The van der Waals surface area contributed by atoms with E-state index in [0.29, 0.717) is 5.69 Å². The quantitative estimate of drug-likeness (QED) is 0.677. The van der Waals surface area contributed by atoms with Gasteiger partial charge in [0.15, 0.2) is 0 Å². The summed E-state index contributed by atoms with van der Waals surface area (Å²) >= 11 is 5.94. The number of nitrogens with one attached hydrogen (secondary N) is 1. The van der Waals surface area contributed by atoms with Crippen molar-refractivity contribution in [3.05, 3.63) is 82.8 Å². The predicted octanol–water partition coefficient (Wildman–Crippen LogP) is 5.21. The topological polar surface area (TPSA) is 45.2 Å². The summed E-state index contributed by atoms with van der Waals surface area (Å²) in [6, 6.07) is 16.0. The number of halogens is 2. The number of fused-ring (bicyclic) bond motifs is 1. The molecule has 2 aromatic carbocycles. The Morgan fingerprint density at radius 1 is 1.11 bits per heavy atom. The second-order valence-electron chi connectivity index (χ2n) is 6.34. The van der Waals surface area contributed by atoms with Crippen molar-refractivity contribution in [2.45, 2.75) is 12.8 Å². The lowest BCUT2D eigenvalue weighted by molar-refractivity contribution is 0.102. The highest BCUT2D eigenvalue weighted by atomic mass is 35.5. The number of aromatic nitrogens is 1. The molecule has 4 nitrogen and oxygen atoms in total. The van der Waals surface area contributed by atoms with Crippen molar-refractivity contribution in [2.24, 2.45) is 0 Å². The average molecular weight is 382 g/mol. The lowest BCUT2D eigenvalue weighted by Gasteiger charge is -2.30. The van der Waals surface area contributed by atoms with E-state index in [0.717, 1.165) is 30.9 Å². The third-order valence-corrected chi connectivity index (χ3v) is 4.90. The molecule has 1 aromatic heterocycles. The van der Waals surface area contributed by atoms with E-state index in [1.165, 1.54) is 23.8 Å². The summed E-state index contributed by atoms with van der Waals surface area (Å²) in [7, 11) is 0. The number of para-hydroxylation sites is 1. The molecule has 0 unspecified atom stereocenters. The van der Waals surface area contributed by atoms with Gasteiger partial charge in [-0.05, 0) is 48.7 Å². The Balaban J connectivity index is 1.54. The fraction of sp³-hybridized carbons (Fsp3) is 0.143. The molecule has 0 bridgehead atoms. The maximum Gasteiger partial charge on any atom is 0.260 e. The van der Waals surface area contributed by atoms with Crippen LogP contribution in [0.3, 0.4) is 0 Å². The van der Waals surface area contributed by atoms with E-state index >= 15 is 0 Å². The summed E-state index contributed by atoms with van der Waals surface area (Å²) < 4.78 is 13.9. The SMILES string of the molecule is O=C(Nc1ccc(N2CCCc3ccccc32)nc1)c1c(F)cccc1Cl. The van der Waals surface area contributed by atoms with Crippen molar-refractivity contribution in [1.82, 2.24) is 4.98 Å². The number of carbonyl (C=O) groups is 1. The Labute approximate surface area is 161 Å². The van der Waals surface area contributed by atoms with E-state index in [1.807, 2.05) is 18.2 Å². The number of pyridine rings is 1. The van der Waals surface area contributed by atoms with E-state index in [4.69, 9.17) is 11.6 Å². The minimum atomic E-state index is -0.658. The third kappa shape index (κ3) is 3.51. The molecule has 1 N–H and O–H groups in total. The Kier molecular flexibility index (Phi) is 4.77. The van der Waals surface area contributed by atoms with Gasteiger partial charge in [0, 0.05) is 12.2 Å². The van der Waals surface area contributed by atoms with Crippen LogP contribution in [0.4, 0.5) is 21.6 Å². The molecule has 0 fully saturated rings. The molecule has 2 heterocycles. The molecule has 0 spiro atoms. The fourth-order valence-corrected chi connectivity index (χ4v) is 3.55. The summed E-state index contributed by atoms with van der Waals surface area (Å²) in [6.07, 6.45) is 3.69. The molecule has 0 atom stereocenters. The summed E-state index contributed by atoms with van der Waals surface area (Å²) in [4.78, 5) is 19.0. The summed E-state index contributed by atoms with van der Waals surface area (Å²) in [5.41, 5.74) is 2.77. The highest BCUT2D eigenvalue weighted by Crippen LogP contribution is 2.32. The Hall–Kier alpha value is -2.92. The van der Waals surface area contributed by atoms with Crippen LogP contribution in [0, 0.1) is 5.82 Å². The molecule has 0 radical (unpaired) electrons. The average Bonchev–Trinajstić information content (AvgIpc) is 2.68. The second-order valence-corrected chi connectivity index (χ2v) is 6.75. The lowest BCUT2D eigenvalue weighted by Crippen LogP contribution is -2.25. The Bertz CT molecular complexity index is 971. The monoisotopic (exact) mass is 381 g/mol. The first-order valence-corrected chi connectivity index (χ1v) is 9.08. The van der Waals surface area contributed by atoms with Gasteiger partial charge >= 0.3 is 0 Å². The normalized spacial score (nSPS) is 13.2. The number of amides is 1. The standard InChI is InChI=1S/C21H17ClFN3O/c22-16-7-3-8-17(23)20(16)21(27)25-15-10-11-19(24-13-15)26-12-4-6-14-5-1-2-9-18(14)26/h1-3,5,7-11,13H,4,6,12H2,(H,25,27). The molecule has 6 heteroatoms. The lowest BCUT2D eigenvalue weighted by atomic mass is 10.0. The van der Waals surface area contributed by atoms with Gasteiger partial charge in [-0.1, -0.05) is 35.9 Å². The number of hydrogen-bond acceptors (Lipinski definition) is 3. The molecule has 0 aliphatic carbocycles. The van der Waals surface area contributed by atoms with Crippen molar-refractivity contribution in [3.63, 3.8) is 0 Å². The van der Waals surface area contributed by atoms with Crippen LogP contribution >= 0.6 is 11.6 Å². The van der Waals surface area contributed by atoms with Gasteiger partial charge in [0.1, 0.15) is 11.6 Å². The van der Waals surface area contributed by atoms with Crippen LogP contribution in [0.5, 0.6) is 0 Å². The highest BCUT2D eigenvalue weighted by Gasteiger charge is 2.19. The van der Waals surface area contributed by atoms with Crippen molar-refractivity contribution >= 4 is 34.7 Å². The van der Waals surface area contributed by atoms with E-state index in [-0.39, 0.29) is 10.6 Å². The number of nitrogens with zero attached hydrogens (tertiary/aromatic N) is 2. The van der Waals surface area contributed by atoms with Crippen LogP contribution in [-0.4, -0.2) is 17.4 Å². The van der Waals surface area contributed by atoms with Crippen LogP contribution in [0.15, 0.2) is 60.8 Å². The van der Waals surface area contributed by atoms with Crippen molar-refractivity contribution in [1.29, 1.82) is 0 Å². The smallest absolute Gasteiger partial charge is 0.260 e. The molecular weight excluding hydrogens is 365 g/mol. The van der Waals surface area contributed by atoms with Crippen LogP contribution < -0.4 is 10.2 Å². The van der Waals surface area contributed by atoms with Gasteiger partial charge in [0.25, 0.3) is 5.91 Å². The van der Waals surface area contributed by atoms with Crippen LogP contribution in [-0.2, 0) is 6.42 Å². The van der Waals surface area contributed by atoms with E-state index < -0.39 is 11.7 Å². The maximum absolute atomic E-state index is 13.9. The zero-order valence-electron chi connectivity index (χ0n) is 14.5. The van der Waals surface area contributed by atoms with Gasteiger partial charge in [0.2, 0.25) is 0 Å². The number of hydrogen-bond donors (Lipinski definition) is 1. The molecule has 3 aromatic rings. The summed E-state index contributed by atoms with van der Waals surface area (Å²) in [6.45, 7) is 0.889. The van der Waals surface area contributed by atoms with E-state index in [2.05, 4.69) is 27.3 Å². The minimum Gasteiger partial charge on any atom is -0.326 e. The van der Waals surface area contributed by atoms with Crippen molar-refractivity contribution in [2.75, 3.05) is 16.8 Å². The number of aryl methyl sites for hydroxylation is 1.